The summed E-state index contributed by atoms with van der Waals surface area (Å²) in [7, 11) is 1.79. The van der Waals surface area contributed by atoms with Crippen LogP contribution in [0.25, 0.3) is 5.69 Å². The summed E-state index contributed by atoms with van der Waals surface area (Å²) in [4.78, 5) is 39.7. The van der Waals surface area contributed by atoms with E-state index in [1.165, 1.54) is 29.3 Å². The van der Waals surface area contributed by atoms with Crippen LogP contribution in [0.4, 0.5) is 5.69 Å². The van der Waals surface area contributed by atoms with Crippen molar-refractivity contribution in [2.45, 2.75) is 33.1 Å². The number of rotatable bonds is 10. The lowest BCUT2D eigenvalue weighted by Crippen LogP contribution is -2.35. The van der Waals surface area contributed by atoms with E-state index in [2.05, 4.69) is 12.2 Å². The SMILES string of the molecule is CCCN(CC1CC1)C(=O)CSCC(=O)Nc1c(C)n(C)n(-c2ccccc2)c1=O. The van der Waals surface area contributed by atoms with Crippen LogP contribution in [0.5, 0.6) is 0 Å². The highest BCUT2D eigenvalue weighted by molar-refractivity contribution is 8.00. The normalized spacial score (nSPS) is 13.3. The highest BCUT2D eigenvalue weighted by Gasteiger charge is 2.26. The summed E-state index contributed by atoms with van der Waals surface area (Å²) in [5.41, 5.74) is 1.42. The third kappa shape index (κ3) is 5.36. The second-order valence-electron chi connectivity index (χ2n) is 7.76. The minimum Gasteiger partial charge on any atom is -0.342 e. The van der Waals surface area contributed by atoms with E-state index in [0.29, 0.717) is 11.6 Å². The summed E-state index contributed by atoms with van der Waals surface area (Å²) >= 11 is 1.29. The van der Waals surface area contributed by atoms with Gasteiger partial charge in [0.05, 0.1) is 22.9 Å². The molecule has 3 rings (SSSR count). The molecule has 0 bridgehead atoms. The van der Waals surface area contributed by atoms with Crippen LogP contribution in [-0.2, 0) is 16.6 Å². The molecule has 0 spiro atoms. The Balaban J connectivity index is 1.57. The molecule has 0 atom stereocenters. The van der Waals surface area contributed by atoms with Gasteiger partial charge in [0, 0.05) is 20.1 Å². The maximum Gasteiger partial charge on any atom is 0.295 e. The van der Waals surface area contributed by atoms with Crippen LogP contribution < -0.4 is 10.9 Å². The molecule has 1 heterocycles. The van der Waals surface area contributed by atoms with Crippen LogP contribution in [0.15, 0.2) is 35.1 Å². The number of carbonyl (C=O) groups is 2. The van der Waals surface area contributed by atoms with Crippen molar-refractivity contribution >= 4 is 29.3 Å². The molecule has 162 valence electrons. The van der Waals surface area contributed by atoms with Crippen molar-refractivity contribution in [2.24, 2.45) is 13.0 Å². The lowest BCUT2D eigenvalue weighted by molar-refractivity contribution is -0.128. The Labute approximate surface area is 181 Å². The number of hydrogen-bond donors (Lipinski definition) is 1. The van der Waals surface area contributed by atoms with Gasteiger partial charge in [-0.05, 0) is 44.2 Å². The number of amides is 2. The lowest BCUT2D eigenvalue weighted by Gasteiger charge is -2.21. The molecule has 2 aromatic rings. The van der Waals surface area contributed by atoms with Gasteiger partial charge in [-0.2, -0.15) is 0 Å². The van der Waals surface area contributed by atoms with E-state index in [0.717, 1.165) is 25.2 Å². The molecule has 0 aliphatic heterocycles. The van der Waals surface area contributed by atoms with Crippen molar-refractivity contribution in [3.05, 3.63) is 46.4 Å². The molecule has 1 aromatic heterocycles. The smallest absolute Gasteiger partial charge is 0.295 e. The second kappa shape index (κ2) is 10.0. The van der Waals surface area contributed by atoms with Crippen LogP contribution in [0.2, 0.25) is 0 Å². The zero-order valence-corrected chi connectivity index (χ0v) is 18.7. The maximum atomic E-state index is 12.9. The van der Waals surface area contributed by atoms with Crippen molar-refractivity contribution in [2.75, 3.05) is 29.9 Å². The summed E-state index contributed by atoms with van der Waals surface area (Å²) in [6.45, 7) is 5.47. The van der Waals surface area contributed by atoms with E-state index >= 15 is 0 Å². The number of nitrogens with one attached hydrogen (secondary N) is 1. The minimum atomic E-state index is -0.275. The number of para-hydroxylation sites is 1. The summed E-state index contributed by atoms with van der Waals surface area (Å²) in [5.74, 6) is 0.879. The van der Waals surface area contributed by atoms with Gasteiger partial charge in [0.1, 0.15) is 5.69 Å². The first-order chi connectivity index (χ1) is 14.4. The fourth-order valence-electron chi connectivity index (χ4n) is 3.41. The zero-order chi connectivity index (χ0) is 21.7. The third-order valence-electron chi connectivity index (χ3n) is 5.30. The van der Waals surface area contributed by atoms with Gasteiger partial charge in [-0.1, -0.05) is 25.1 Å². The Morgan fingerprint density at radius 1 is 1.20 bits per heavy atom. The summed E-state index contributed by atoms with van der Waals surface area (Å²) in [5, 5.41) is 2.74. The second-order valence-corrected chi connectivity index (χ2v) is 8.75. The Morgan fingerprint density at radius 3 is 2.53 bits per heavy atom. The third-order valence-corrected chi connectivity index (χ3v) is 6.22. The molecule has 0 radical (unpaired) electrons. The van der Waals surface area contributed by atoms with E-state index in [1.54, 1.807) is 18.7 Å². The van der Waals surface area contributed by atoms with Crippen molar-refractivity contribution < 1.29 is 9.59 Å². The van der Waals surface area contributed by atoms with Crippen LogP contribution in [-0.4, -0.2) is 50.7 Å². The van der Waals surface area contributed by atoms with Crippen molar-refractivity contribution in [3.8, 4) is 5.69 Å². The molecule has 1 aromatic carbocycles. The minimum absolute atomic E-state index is 0.0869. The van der Waals surface area contributed by atoms with E-state index in [4.69, 9.17) is 0 Å². The highest BCUT2D eigenvalue weighted by atomic mass is 32.2. The van der Waals surface area contributed by atoms with Gasteiger partial charge in [-0.25, -0.2) is 4.68 Å². The Kier molecular flexibility index (Phi) is 7.42. The fourth-order valence-corrected chi connectivity index (χ4v) is 4.13. The number of benzene rings is 1. The van der Waals surface area contributed by atoms with E-state index in [1.807, 2.05) is 35.2 Å². The highest BCUT2D eigenvalue weighted by Crippen LogP contribution is 2.30. The number of hydrogen-bond acceptors (Lipinski definition) is 4. The number of thioether (sulfide) groups is 1. The first-order valence-electron chi connectivity index (χ1n) is 10.4. The average Bonchev–Trinajstić information content (AvgIpc) is 3.52. The quantitative estimate of drug-likeness (QED) is 0.629. The fraction of sp³-hybridized carbons (Fsp3) is 0.500. The van der Waals surface area contributed by atoms with Crippen molar-refractivity contribution in [3.63, 3.8) is 0 Å². The van der Waals surface area contributed by atoms with Gasteiger partial charge in [0.2, 0.25) is 11.8 Å². The average molecular weight is 431 g/mol. The van der Waals surface area contributed by atoms with Gasteiger partial charge >= 0.3 is 0 Å². The summed E-state index contributed by atoms with van der Waals surface area (Å²) in [6.07, 6.45) is 3.35. The molecule has 7 nitrogen and oxygen atoms in total. The standard InChI is InChI=1S/C22H30N4O3S/c1-4-12-25(13-17-10-11-17)20(28)15-30-14-19(27)23-21-16(2)24(3)26(22(21)29)18-8-6-5-7-9-18/h5-9,17H,4,10-15H2,1-3H3,(H,23,27). The predicted octanol–water partition coefficient (Wildman–Crippen LogP) is 2.80. The molecule has 1 N–H and O–H groups in total. The van der Waals surface area contributed by atoms with Crippen LogP contribution in [0.1, 0.15) is 31.9 Å². The first kappa shape index (κ1) is 22.2. The van der Waals surface area contributed by atoms with Crippen molar-refractivity contribution in [1.82, 2.24) is 14.3 Å². The topological polar surface area (TPSA) is 76.3 Å². The van der Waals surface area contributed by atoms with Crippen LogP contribution in [0, 0.1) is 12.8 Å². The molecule has 0 saturated heterocycles. The lowest BCUT2D eigenvalue weighted by atomic mass is 10.3. The van der Waals surface area contributed by atoms with Gasteiger partial charge in [0.15, 0.2) is 0 Å². The maximum absolute atomic E-state index is 12.9. The molecule has 2 amide bonds. The largest absolute Gasteiger partial charge is 0.342 e. The molecule has 1 aliphatic rings. The Morgan fingerprint density at radius 2 is 1.90 bits per heavy atom. The molecule has 8 heteroatoms. The Hall–Kier alpha value is -2.48. The molecule has 0 unspecified atom stereocenters. The van der Waals surface area contributed by atoms with Crippen LogP contribution >= 0.6 is 11.8 Å². The van der Waals surface area contributed by atoms with E-state index < -0.39 is 0 Å². The number of anilines is 1. The first-order valence-corrected chi connectivity index (χ1v) is 11.6. The summed E-state index contributed by atoms with van der Waals surface area (Å²) < 4.78 is 3.26. The molecule has 30 heavy (non-hydrogen) atoms. The molecule has 1 fully saturated rings. The van der Waals surface area contributed by atoms with Gasteiger partial charge < -0.3 is 10.2 Å². The van der Waals surface area contributed by atoms with E-state index in [-0.39, 0.29) is 34.6 Å². The van der Waals surface area contributed by atoms with Crippen molar-refractivity contribution in [1.29, 1.82) is 0 Å². The number of nitrogens with zero attached hydrogens (tertiary/aromatic N) is 3. The predicted molar refractivity (Wildman–Crippen MR) is 121 cm³/mol. The van der Waals surface area contributed by atoms with Gasteiger partial charge in [-0.15, -0.1) is 11.8 Å². The van der Waals surface area contributed by atoms with E-state index in [9.17, 15) is 14.4 Å². The van der Waals surface area contributed by atoms with Crippen LogP contribution in [0.3, 0.4) is 0 Å². The molecular formula is C22H30N4O3S. The molecule has 1 saturated carbocycles. The van der Waals surface area contributed by atoms with Gasteiger partial charge in [-0.3, -0.25) is 19.1 Å². The monoisotopic (exact) mass is 430 g/mol. The Bertz CT molecular complexity index is 947. The molecule has 1 aliphatic carbocycles. The number of carbonyl (C=O) groups excluding carboxylic acids is 2. The number of aromatic nitrogens is 2. The zero-order valence-electron chi connectivity index (χ0n) is 17.9. The summed E-state index contributed by atoms with van der Waals surface area (Å²) in [6, 6.07) is 9.30. The van der Waals surface area contributed by atoms with Gasteiger partial charge in [0.25, 0.3) is 5.56 Å². The molecular weight excluding hydrogens is 400 g/mol.